The summed E-state index contributed by atoms with van der Waals surface area (Å²) in [5, 5.41) is 0.879. The Bertz CT molecular complexity index is 293. The van der Waals surface area contributed by atoms with Crippen molar-refractivity contribution in [2.75, 3.05) is 0 Å². The van der Waals surface area contributed by atoms with Crippen LogP contribution in [-0.2, 0) is 5.75 Å². The Hall–Kier alpha value is -0.0200. The van der Waals surface area contributed by atoms with Crippen LogP contribution in [0.25, 0.3) is 0 Å². The maximum atomic E-state index is 4.39. The number of hydrogen-bond donors (Lipinski definition) is 0. The summed E-state index contributed by atoms with van der Waals surface area (Å²) in [7, 11) is 0. The maximum Gasteiger partial charge on any atom is 0.0503 e. The number of halogens is 1. The molecular formula is C12H16BrNS. The molecule has 0 unspecified atom stereocenters. The van der Waals surface area contributed by atoms with Gasteiger partial charge in [-0.05, 0) is 40.9 Å². The number of rotatable bonds is 3. The lowest BCUT2D eigenvalue weighted by molar-refractivity contribution is 0.516. The Morgan fingerprint density at radius 3 is 2.73 bits per heavy atom. The molecule has 3 heteroatoms. The number of nitrogens with zero attached hydrogens (tertiary/aromatic N) is 1. The average Bonchev–Trinajstić information content (AvgIpc) is 2.30. The number of hydrogen-bond acceptors (Lipinski definition) is 2. The fourth-order valence-corrected chi connectivity index (χ4v) is 3.41. The molecule has 0 N–H and O–H groups in total. The van der Waals surface area contributed by atoms with Crippen LogP contribution in [0.1, 0.15) is 37.8 Å². The molecule has 1 aliphatic carbocycles. The van der Waals surface area contributed by atoms with Gasteiger partial charge in [-0.25, -0.2) is 0 Å². The van der Waals surface area contributed by atoms with Crippen LogP contribution in [-0.4, -0.2) is 10.2 Å². The summed E-state index contributed by atoms with van der Waals surface area (Å²) in [6.45, 7) is 0. The first-order chi connectivity index (χ1) is 7.34. The zero-order chi connectivity index (χ0) is 10.5. The highest BCUT2D eigenvalue weighted by Crippen LogP contribution is 2.30. The highest BCUT2D eigenvalue weighted by atomic mass is 79.9. The third-order valence-corrected chi connectivity index (χ3v) is 4.68. The predicted octanol–water partition coefficient (Wildman–Crippen LogP) is 4.41. The van der Waals surface area contributed by atoms with Crippen molar-refractivity contribution in [2.24, 2.45) is 0 Å². The Morgan fingerprint density at radius 2 is 2.07 bits per heavy atom. The molecule has 1 nitrogen and oxygen atoms in total. The van der Waals surface area contributed by atoms with E-state index in [0.29, 0.717) is 0 Å². The van der Waals surface area contributed by atoms with Gasteiger partial charge in [0.15, 0.2) is 0 Å². The maximum absolute atomic E-state index is 4.39. The van der Waals surface area contributed by atoms with Crippen molar-refractivity contribution in [1.29, 1.82) is 0 Å². The minimum absolute atomic E-state index is 0.879. The average molecular weight is 286 g/mol. The van der Waals surface area contributed by atoms with Crippen LogP contribution in [0.4, 0.5) is 0 Å². The molecule has 0 aromatic carbocycles. The quantitative estimate of drug-likeness (QED) is 0.816. The fraction of sp³-hybridized carbons (Fsp3) is 0.583. The van der Waals surface area contributed by atoms with E-state index in [0.717, 1.165) is 15.5 Å². The van der Waals surface area contributed by atoms with Gasteiger partial charge in [-0.15, -0.1) is 0 Å². The molecular weight excluding hydrogens is 270 g/mol. The van der Waals surface area contributed by atoms with Crippen LogP contribution < -0.4 is 0 Å². The summed E-state index contributed by atoms with van der Waals surface area (Å²) >= 11 is 5.48. The number of pyridine rings is 1. The largest absolute Gasteiger partial charge is 0.259 e. The van der Waals surface area contributed by atoms with Gasteiger partial charge in [0.05, 0.1) is 5.69 Å². The van der Waals surface area contributed by atoms with E-state index >= 15 is 0 Å². The van der Waals surface area contributed by atoms with Crippen molar-refractivity contribution in [2.45, 2.75) is 43.1 Å². The van der Waals surface area contributed by atoms with E-state index in [2.05, 4.69) is 44.8 Å². The molecule has 0 saturated heterocycles. The highest BCUT2D eigenvalue weighted by Gasteiger charge is 2.13. The predicted molar refractivity (Wildman–Crippen MR) is 70.1 cm³/mol. The molecule has 1 saturated carbocycles. The lowest BCUT2D eigenvalue weighted by Gasteiger charge is -2.20. The lowest BCUT2D eigenvalue weighted by atomic mass is 10.0. The van der Waals surface area contributed by atoms with Gasteiger partial charge < -0.3 is 0 Å². The van der Waals surface area contributed by atoms with Gasteiger partial charge in [0.2, 0.25) is 0 Å². The third-order valence-electron chi connectivity index (χ3n) is 2.81. The van der Waals surface area contributed by atoms with Gasteiger partial charge in [-0.2, -0.15) is 11.8 Å². The first-order valence-corrected chi connectivity index (χ1v) is 7.41. The zero-order valence-electron chi connectivity index (χ0n) is 8.79. The molecule has 15 heavy (non-hydrogen) atoms. The summed E-state index contributed by atoms with van der Waals surface area (Å²) in [5.41, 5.74) is 1.20. The number of thioether (sulfide) groups is 1. The molecule has 0 amide bonds. The topological polar surface area (TPSA) is 12.9 Å². The van der Waals surface area contributed by atoms with Crippen LogP contribution in [0.3, 0.4) is 0 Å². The Morgan fingerprint density at radius 1 is 1.27 bits per heavy atom. The van der Waals surface area contributed by atoms with Gasteiger partial charge in [0.25, 0.3) is 0 Å². The van der Waals surface area contributed by atoms with E-state index in [4.69, 9.17) is 0 Å². The minimum atomic E-state index is 0.879. The molecule has 1 aromatic rings. The molecule has 0 aliphatic heterocycles. The molecule has 1 aromatic heterocycles. The standard InChI is InChI=1S/C12H16BrNS/c13-10-6-7-11(14-8-10)9-15-12-4-2-1-3-5-12/h6-8,12H,1-5,9H2. The summed E-state index contributed by atoms with van der Waals surface area (Å²) in [5.74, 6) is 1.07. The molecule has 0 bridgehead atoms. The molecule has 2 rings (SSSR count). The minimum Gasteiger partial charge on any atom is -0.259 e. The second kappa shape index (κ2) is 5.90. The molecule has 1 heterocycles. The van der Waals surface area contributed by atoms with E-state index < -0.39 is 0 Å². The zero-order valence-corrected chi connectivity index (χ0v) is 11.2. The van der Waals surface area contributed by atoms with Gasteiger partial charge in [-0.3, -0.25) is 4.98 Å². The summed E-state index contributed by atoms with van der Waals surface area (Å²) in [4.78, 5) is 4.39. The normalized spacial score (nSPS) is 17.9. The second-order valence-corrected chi connectivity index (χ2v) is 6.24. The van der Waals surface area contributed by atoms with Crippen molar-refractivity contribution in [1.82, 2.24) is 4.98 Å². The monoisotopic (exact) mass is 285 g/mol. The smallest absolute Gasteiger partial charge is 0.0503 e. The van der Waals surface area contributed by atoms with Crippen LogP contribution >= 0.6 is 27.7 Å². The van der Waals surface area contributed by atoms with E-state index in [9.17, 15) is 0 Å². The number of aromatic nitrogens is 1. The van der Waals surface area contributed by atoms with Gasteiger partial charge in [-0.1, -0.05) is 19.3 Å². The molecule has 0 spiro atoms. The third kappa shape index (κ3) is 3.80. The van der Waals surface area contributed by atoms with Gasteiger partial charge in [0.1, 0.15) is 0 Å². The van der Waals surface area contributed by atoms with Crippen LogP contribution in [0.5, 0.6) is 0 Å². The van der Waals surface area contributed by atoms with E-state index in [1.54, 1.807) is 0 Å². The second-order valence-electron chi connectivity index (χ2n) is 4.04. The fourth-order valence-electron chi connectivity index (χ4n) is 1.93. The van der Waals surface area contributed by atoms with Crippen molar-refractivity contribution in [3.05, 3.63) is 28.5 Å². The summed E-state index contributed by atoms with van der Waals surface area (Å²) < 4.78 is 1.06. The lowest BCUT2D eigenvalue weighted by Crippen LogP contribution is -2.08. The van der Waals surface area contributed by atoms with Crippen LogP contribution in [0.2, 0.25) is 0 Å². The van der Waals surface area contributed by atoms with Crippen LogP contribution in [0, 0.1) is 0 Å². The van der Waals surface area contributed by atoms with Crippen molar-refractivity contribution >= 4 is 27.7 Å². The summed E-state index contributed by atoms with van der Waals surface area (Å²) in [6.07, 6.45) is 8.98. The van der Waals surface area contributed by atoms with E-state index in [1.807, 2.05) is 6.20 Å². The van der Waals surface area contributed by atoms with E-state index in [1.165, 1.54) is 37.8 Å². The SMILES string of the molecule is Brc1ccc(CSC2CCCCC2)nc1. The van der Waals surface area contributed by atoms with Crippen molar-refractivity contribution in [3.8, 4) is 0 Å². The molecule has 82 valence electrons. The Balaban J connectivity index is 1.79. The van der Waals surface area contributed by atoms with Crippen LogP contribution in [0.15, 0.2) is 22.8 Å². The van der Waals surface area contributed by atoms with Gasteiger partial charge in [0, 0.05) is 21.7 Å². The first-order valence-electron chi connectivity index (χ1n) is 5.56. The molecule has 0 radical (unpaired) electrons. The Kier molecular flexibility index (Phi) is 4.51. The van der Waals surface area contributed by atoms with Gasteiger partial charge >= 0.3 is 0 Å². The molecule has 1 fully saturated rings. The Labute approximate surface area is 104 Å². The molecule has 1 aliphatic rings. The summed E-state index contributed by atoms with van der Waals surface area (Å²) in [6, 6.07) is 4.18. The van der Waals surface area contributed by atoms with Crippen molar-refractivity contribution in [3.63, 3.8) is 0 Å². The molecule has 0 atom stereocenters. The highest BCUT2D eigenvalue weighted by molar-refractivity contribution is 9.10. The van der Waals surface area contributed by atoms with Crippen molar-refractivity contribution < 1.29 is 0 Å². The van der Waals surface area contributed by atoms with E-state index in [-0.39, 0.29) is 0 Å². The first kappa shape index (κ1) is 11.5.